The van der Waals surface area contributed by atoms with Gasteiger partial charge in [0.15, 0.2) is 11.6 Å². The molecule has 1 aliphatic heterocycles. The van der Waals surface area contributed by atoms with Gasteiger partial charge in [0.2, 0.25) is 23.6 Å². The fraction of sp³-hybridized carbons (Fsp3) is 0.581. The molecule has 0 spiro atoms. The minimum atomic E-state index is -1.20. The molecule has 13 nitrogen and oxygen atoms in total. The van der Waals surface area contributed by atoms with E-state index in [1.165, 1.54) is 80.8 Å². The number of fused-ring (bicyclic) bond motifs is 5. The Labute approximate surface area is 331 Å². The van der Waals surface area contributed by atoms with Gasteiger partial charge in [-0.25, -0.2) is 0 Å². The summed E-state index contributed by atoms with van der Waals surface area (Å²) in [6.07, 6.45) is 8.46. The number of Topliss-reactive ketones (excluding diaryl/α,β-unsaturated/α-hetero) is 2. The highest BCUT2D eigenvalue weighted by Crippen LogP contribution is 2.39. The molecule has 308 valence electrons. The highest BCUT2D eigenvalue weighted by Gasteiger charge is 2.33. The maximum absolute atomic E-state index is 13.9. The smallest absolute Gasteiger partial charge is 0.245 e. The monoisotopic (exact) mass is 778 g/mol. The zero-order valence-electron chi connectivity index (χ0n) is 33.9. The van der Waals surface area contributed by atoms with Gasteiger partial charge in [0.05, 0.1) is 12.6 Å². The van der Waals surface area contributed by atoms with Crippen LogP contribution >= 0.6 is 0 Å². The first kappa shape index (κ1) is 45.6. The molecule has 3 rings (SSSR count). The molecule has 1 aliphatic rings. The van der Waals surface area contributed by atoms with Gasteiger partial charge < -0.3 is 35.8 Å². The Balaban J connectivity index is 1.69. The van der Waals surface area contributed by atoms with Gasteiger partial charge in [-0.1, -0.05) is 70.9 Å². The number of nitrogens with one attached hydrogen (secondary N) is 2. The molecule has 0 saturated carbocycles. The quantitative estimate of drug-likeness (QED) is 0.128. The lowest BCUT2D eigenvalue weighted by atomic mass is 9.90. The van der Waals surface area contributed by atoms with Crippen LogP contribution in [0.5, 0.6) is 11.5 Å². The number of benzene rings is 2. The number of amides is 4. The van der Waals surface area contributed by atoms with Crippen LogP contribution in [0.1, 0.15) is 122 Å². The van der Waals surface area contributed by atoms with E-state index >= 15 is 0 Å². The van der Waals surface area contributed by atoms with Crippen LogP contribution in [0, 0.1) is 5.92 Å². The molecule has 2 aromatic rings. The van der Waals surface area contributed by atoms with Crippen molar-refractivity contribution in [3.05, 3.63) is 47.5 Å². The number of aromatic hydroxyl groups is 2. The van der Waals surface area contributed by atoms with E-state index in [0.29, 0.717) is 24.0 Å². The lowest BCUT2D eigenvalue weighted by Crippen LogP contribution is -2.53. The predicted molar refractivity (Wildman–Crippen MR) is 214 cm³/mol. The fourth-order valence-electron chi connectivity index (χ4n) is 7.09. The lowest BCUT2D eigenvalue weighted by molar-refractivity contribution is -0.141. The van der Waals surface area contributed by atoms with Crippen molar-refractivity contribution in [2.75, 3.05) is 20.7 Å². The molecule has 1 heterocycles. The van der Waals surface area contributed by atoms with E-state index < -0.39 is 54.0 Å². The molecular formula is C43H62N4O9. The minimum absolute atomic E-state index is 0.104. The summed E-state index contributed by atoms with van der Waals surface area (Å²) in [4.78, 5) is 82.2. The van der Waals surface area contributed by atoms with Gasteiger partial charge in [-0.15, -0.1) is 0 Å². The Morgan fingerprint density at radius 3 is 2.07 bits per heavy atom. The molecule has 2 aromatic carbocycles. The summed E-state index contributed by atoms with van der Waals surface area (Å²) in [7, 11) is 2.87. The highest BCUT2D eigenvalue weighted by molar-refractivity contribution is 5.96. The van der Waals surface area contributed by atoms with Crippen molar-refractivity contribution in [2.24, 2.45) is 5.92 Å². The number of likely N-dealkylation sites (N-methyl/N-ethyl adjacent to an activating group) is 2. The van der Waals surface area contributed by atoms with Crippen molar-refractivity contribution < 1.29 is 44.1 Å². The van der Waals surface area contributed by atoms with Gasteiger partial charge in [-0.3, -0.25) is 28.8 Å². The third kappa shape index (κ3) is 12.9. The Morgan fingerprint density at radius 1 is 0.821 bits per heavy atom. The average Bonchev–Trinajstić information content (AvgIpc) is 3.15. The van der Waals surface area contributed by atoms with Crippen molar-refractivity contribution in [3.8, 4) is 22.6 Å². The van der Waals surface area contributed by atoms with Gasteiger partial charge in [-0.2, -0.15) is 0 Å². The summed E-state index contributed by atoms with van der Waals surface area (Å²) in [5.41, 5.74) is 1.71. The van der Waals surface area contributed by atoms with E-state index in [2.05, 4.69) is 17.6 Å². The van der Waals surface area contributed by atoms with Crippen molar-refractivity contribution in [3.63, 3.8) is 0 Å². The van der Waals surface area contributed by atoms with Crippen LogP contribution in [0.15, 0.2) is 36.4 Å². The molecule has 0 fully saturated rings. The first-order chi connectivity index (χ1) is 26.6. The number of aliphatic hydroxyl groups is 1. The van der Waals surface area contributed by atoms with Crippen LogP contribution in [0.2, 0.25) is 0 Å². The van der Waals surface area contributed by atoms with Crippen LogP contribution < -0.4 is 10.6 Å². The number of ketones is 2. The van der Waals surface area contributed by atoms with Crippen LogP contribution in [-0.4, -0.2) is 99.1 Å². The second-order valence-corrected chi connectivity index (χ2v) is 15.3. The highest BCUT2D eigenvalue weighted by atomic mass is 16.3. The number of rotatable bonds is 18. The zero-order chi connectivity index (χ0) is 41.5. The lowest BCUT2D eigenvalue weighted by Gasteiger charge is -2.30. The third-order valence-corrected chi connectivity index (χ3v) is 10.7. The second-order valence-electron chi connectivity index (χ2n) is 15.3. The number of phenols is 2. The summed E-state index contributed by atoms with van der Waals surface area (Å²) < 4.78 is 0. The predicted octanol–water partition coefficient (Wildman–Crippen LogP) is 5.12. The maximum atomic E-state index is 13.9. The molecule has 0 aromatic heterocycles. The molecule has 4 bridgehead atoms. The number of hydrogen-bond donors (Lipinski definition) is 5. The molecular weight excluding hydrogens is 716 g/mol. The number of hydrogen-bond acceptors (Lipinski definition) is 9. The van der Waals surface area contributed by atoms with Crippen LogP contribution in [0.4, 0.5) is 0 Å². The minimum Gasteiger partial charge on any atom is -0.507 e. The standard InChI is InChI=1S/C43H62N4O9/c1-7-8-9-10-11-12-13-14-15-39(53)46(5)34(26-48)43(56)45-29(4)35(49)20-21-40(54)47(6)41-31-17-19-37(51)33(25-31)32-24-30(16-18-36(32)50)23-28(3)44-42(55)27(2)22-38(41)52/h16-19,24-25,27-29,34,41,48,50-51H,7-15,20-23,26H2,1-6H3,(H,44,55)(H,45,56)/t27-,28-,29-,34-,41+/m1/s1. The van der Waals surface area contributed by atoms with E-state index in [-0.39, 0.29) is 60.6 Å². The van der Waals surface area contributed by atoms with E-state index in [9.17, 15) is 44.1 Å². The second kappa shape index (κ2) is 22.1. The number of nitrogens with zero attached hydrogens (tertiary/aromatic N) is 2. The van der Waals surface area contributed by atoms with Crippen molar-refractivity contribution >= 4 is 35.2 Å². The summed E-state index contributed by atoms with van der Waals surface area (Å²) in [6.45, 7) is 6.46. The van der Waals surface area contributed by atoms with E-state index in [1.807, 2.05) is 6.92 Å². The Morgan fingerprint density at radius 2 is 1.43 bits per heavy atom. The molecule has 0 unspecified atom stereocenters. The summed E-state index contributed by atoms with van der Waals surface area (Å²) in [6, 6.07) is 5.65. The number of phenolic OH excluding ortho intramolecular Hbond substituents is 2. The first-order valence-corrected chi connectivity index (χ1v) is 20.0. The largest absolute Gasteiger partial charge is 0.507 e. The van der Waals surface area contributed by atoms with Crippen LogP contribution in [-0.2, 0) is 35.2 Å². The summed E-state index contributed by atoms with van der Waals surface area (Å²) in [5.74, 6) is -3.73. The molecule has 56 heavy (non-hydrogen) atoms. The van der Waals surface area contributed by atoms with Gasteiger partial charge >= 0.3 is 0 Å². The van der Waals surface area contributed by atoms with Gasteiger partial charge in [0, 0.05) is 62.9 Å². The zero-order valence-corrected chi connectivity index (χ0v) is 33.9. The van der Waals surface area contributed by atoms with Crippen LogP contribution in [0.25, 0.3) is 11.1 Å². The molecule has 4 amide bonds. The van der Waals surface area contributed by atoms with E-state index in [1.54, 1.807) is 19.1 Å². The van der Waals surface area contributed by atoms with Gasteiger partial charge in [0.1, 0.15) is 23.6 Å². The number of aliphatic hydroxyl groups excluding tert-OH is 1. The molecule has 5 atom stereocenters. The molecule has 13 heteroatoms. The first-order valence-electron chi connectivity index (χ1n) is 20.0. The van der Waals surface area contributed by atoms with Crippen molar-refractivity contribution in [2.45, 2.75) is 135 Å². The van der Waals surface area contributed by atoms with Crippen molar-refractivity contribution in [1.29, 1.82) is 0 Å². The Kier molecular flexibility index (Phi) is 18.0. The normalized spacial score (nSPS) is 18.2. The molecule has 0 saturated heterocycles. The van der Waals surface area contributed by atoms with E-state index in [4.69, 9.17) is 0 Å². The number of carbonyl (C=O) groups is 6. The molecule has 5 N–H and O–H groups in total. The molecule has 0 aliphatic carbocycles. The SMILES string of the molecule is CCCCCCCCCCC(=O)N(C)[C@H](CO)C(=O)N[C@H](C)C(=O)CCC(=O)N(C)[C@@H]1C(=O)C[C@@H](C)C(=O)N[C@H](C)Cc2ccc(O)c(c2)-c2cc1ccc2O. The number of carbonyl (C=O) groups excluding carboxylic acids is 6. The topological polar surface area (TPSA) is 194 Å². The maximum Gasteiger partial charge on any atom is 0.245 e. The summed E-state index contributed by atoms with van der Waals surface area (Å²) >= 11 is 0. The van der Waals surface area contributed by atoms with Crippen LogP contribution in [0.3, 0.4) is 0 Å². The Hall–Kier alpha value is -4.78. The fourth-order valence-corrected chi connectivity index (χ4v) is 7.09. The average molecular weight is 779 g/mol. The Bertz CT molecular complexity index is 1700. The van der Waals surface area contributed by atoms with E-state index in [0.717, 1.165) is 24.8 Å². The summed E-state index contributed by atoms with van der Waals surface area (Å²) in [5, 5.41) is 37.1. The number of unbranched alkanes of at least 4 members (excludes halogenated alkanes) is 7. The molecule has 0 radical (unpaired) electrons. The third-order valence-electron chi connectivity index (χ3n) is 10.7. The van der Waals surface area contributed by atoms with Crippen molar-refractivity contribution in [1.82, 2.24) is 20.4 Å². The van der Waals surface area contributed by atoms with Gasteiger partial charge in [0.25, 0.3) is 0 Å². The van der Waals surface area contributed by atoms with Gasteiger partial charge in [-0.05, 0) is 62.1 Å².